The van der Waals surface area contributed by atoms with E-state index >= 15 is 0 Å². The number of rotatable bonds is 28. The first-order valence-electron chi connectivity index (χ1n) is 25.5. The molecule has 0 amide bonds. The highest BCUT2D eigenvalue weighted by Gasteiger charge is 2.59. The van der Waals surface area contributed by atoms with Crippen LogP contribution in [0.4, 0.5) is 0 Å². The Morgan fingerprint density at radius 3 is 1.96 bits per heavy atom. The minimum atomic E-state index is 0.0586. The topological polar surface area (TPSA) is 26.3 Å². The standard InChI is InChI=1S/C55H94O2/c1-8-10-11-12-13-14-15-16-17-18-19-20-21-22-23-24-25-26-27-28-29-30-31-32-53(56)57-48-39-41-54(6)47(43-48)35-36-49-51-38-37-50(55(51,7)42-40-52(49)54)45(5)33-34-46(9-2)44(3)4/h13-14,16-17,19-20,35,44-46,48-52H,8-12,15,18,21-34,36-43H2,1-7H3/b14-13-,17-16-,20-19-. The number of carbonyl (C=O) groups is 1. The van der Waals surface area contributed by atoms with Crippen LogP contribution in [0.2, 0.25) is 0 Å². The number of hydrogen-bond donors (Lipinski definition) is 0. The van der Waals surface area contributed by atoms with E-state index < -0.39 is 0 Å². The van der Waals surface area contributed by atoms with Crippen LogP contribution in [0.25, 0.3) is 0 Å². The maximum atomic E-state index is 12.9. The van der Waals surface area contributed by atoms with Gasteiger partial charge in [-0.15, -0.1) is 0 Å². The van der Waals surface area contributed by atoms with Crippen molar-refractivity contribution in [2.75, 3.05) is 0 Å². The Morgan fingerprint density at radius 1 is 0.719 bits per heavy atom. The molecule has 0 aliphatic heterocycles. The minimum Gasteiger partial charge on any atom is -0.462 e. The molecule has 0 bridgehead atoms. The molecule has 0 N–H and O–H groups in total. The fourth-order valence-electron chi connectivity index (χ4n) is 12.9. The van der Waals surface area contributed by atoms with Crippen LogP contribution in [-0.4, -0.2) is 12.1 Å². The SMILES string of the molecule is CCCCC/C=C\C/C=C\C/C=C\CCCCCCCCCCCCC(=O)OC1CCC2(C)C(=CCC3C2CCC2(C)C(C(C)CCC(CC)C(C)C)CCC32)C1. The summed E-state index contributed by atoms with van der Waals surface area (Å²) in [5.41, 5.74) is 2.50. The van der Waals surface area contributed by atoms with Crippen LogP contribution in [0.3, 0.4) is 0 Å². The summed E-state index contributed by atoms with van der Waals surface area (Å²) in [5, 5.41) is 0. The highest BCUT2D eigenvalue weighted by molar-refractivity contribution is 5.69. The summed E-state index contributed by atoms with van der Waals surface area (Å²) >= 11 is 0. The van der Waals surface area contributed by atoms with Crippen molar-refractivity contribution in [3.63, 3.8) is 0 Å². The third kappa shape index (κ3) is 14.8. The van der Waals surface area contributed by atoms with Gasteiger partial charge in [0.15, 0.2) is 0 Å². The van der Waals surface area contributed by atoms with Crippen LogP contribution in [0.1, 0.15) is 235 Å². The third-order valence-electron chi connectivity index (χ3n) is 16.6. The van der Waals surface area contributed by atoms with E-state index in [2.05, 4.69) is 91.0 Å². The van der Waals surface area contributed by atoms with Crippen LogP contribution in [0.5, 0.6) is 0 Å². The van der Waals surface area contributed by atoms with Crippen molar-refractivity contribution >= 4 is 5.97 Å². The molecule has 0 aromatic rings. The first-order valence-corrected chi connectivity index (χ1v) is 25.5. The molecule has 0 aromatic heterocycles. The van der Waals surface area contributed by atoms with Gasteiger partial charge in [0.25, 0.3) is 0 Å². The van der Waals surface area contributed by atoms with E-state index in [0.29, 0.717) is 17.3 Å². The Morgan fingerprint density at radius 2 is 1.33 bits per heavy atom. The van der Waals surface area contributed by atoms with Gasteiger partial charge in [-0.1, -0.05) is 174 Å². The molecule has 3 fully saturated rings. The van der Waals surface area contributed by atoms with E-state index in [1.165, 1.54) is 148 Å². The van der Waals surface area contributed by atoms with Gasteiger partial charge in [0.05, 0.1) is 0 Å². The molecule has 2 nitrogen and oxygen atoms in total. The monoisotopic (exact) mass is 787 g/mol. The van der Waals surface area contributed by atoms with E-state index in [0.717, 1.165) is 73.5 Å². The number of allylic oxidation sites excluding steroid dienone is 7. The molecule has 0 radical (unpaired) electrons. The van der Waals surface area contributed by atoms with Crippen molar-refractivity contribution in [3.05, 3.63) is 48.1 Å². The van der Waals surface area contributed by atoms with E-state index in [1.54, 1.807) is 5.57 Å². The summed E-state index contributed by atoms with van der Waals surface area (Å²) in [6, 6.07) is 0. The van der Waals surface area contributed by atoms with Gasteiger partial charge >= 0.3 is 5.97 Å². The van der Waals surface area contributed by atoms with Crippen molar-refractivity contribution in [3.8, 4) is 0 Å². The molecule has 0 heterocycles. The predicted octanol–water partition coefficient (Wildman–Crippen LogP) is 17.3. The van der Waals surface area contributed by atoms with E-state index in [4.69, 9.17) is 4.74 Å². The first kappa shape index (κ1) is 48.1. The number of ether oxygens (including phenoxy) is 1. The lowest BCUT2D eigenvalue weighted by Gasteiger charge is -2.58. The average molecular weight is 787 g/mol. The summed E-state index contributed by atoms with van der Waals surface area (Å²) in [5.74, 6) is 6.13. The van der Waals surface area contributed by atoms with Gasteiger partial charge < -0.3 is 4.74 Å². The van der Waals surface area contributed by atoms with Crippen LogP contribution in [0, 0.1) is 52.3 Å². The fourth-order valence-corrected chi connectivity index (χ4v) is 12.9. The smallest absolute Gasteiger partial charge is 0.306 e. The van der Waals surface area contributed by atoms with Crippen molar-refractivity contribution in [1.29, 1.82) is 0 Å². The van der Waals surface area contributed by atoms with Crippen LogP contribution >= 0.6 is 0 Å². The molecule has 0 aromatic carbocycles. The maximum Gasteiger partial charge on any atom is 0.306 e. The lowest BCUT2D eigenvalue weighted by Crippen LogP contribution is -2.51. The van der Waals surface area contributed by atoms with Gasteiger partial charge in [-0.2, -0.15) is 0 Å². The average Bonchev–Trinajstić information content (AvgIpc) is 3.55. The first-order chi connectivity index (χ1) is 27.6. The number of esters is 1. The molecule has 2 heteroatoms. The molecular weight excluding hydrogens is 693 g/mol. The molecule has 4 aliphatic rings. The van der Waals surface area contributed by atoms with Crippen molar-refractivity contribution in [1.82, 2.24) is 0 Å². The zero-order valence-electron chi connectivity index (χ0n) is 39.0. The fraction of sp³-hybridized carbons (Fsp3) is 0.836. The molecule has 4 aliphatic carbocycles. The molecule has 9 atom stereocenters. The lowest BCUT2D eigenvalue weighted by molar-refractivity contribution is -0.151. The molecule has 326 valence electrons. The minimum absolute atomic E-state index is 0.0586. The third-order valence-corrected chi connectivity index (χ3v) is 16.6. The van der Waals surface area contributed by atoms with Gasteiger partial charge in [-0.3, -0.25) is 4.79 Å². The van der Waals surface area contributed by atoms with E-state index in [-0.39, 0.29) is 12.1 Å². The summed E-state index contributed by atoms with van der Waals surface area (Å²) in [4.78, 5) is 12.9. The maximum absolute atomic E-state index is 12.9. The molecule has 3 saturated carbocycles. The molecule has 4 rings (SSSR count). The Hall–Kier alpha value is -1.57. The Balaban J connectivity index is 1.02. The van der Waals surface area contributed by atoms with E-state index in [9.17, 15) is 4.79 Å². The second-order valence-corrected chi connectivity index (χ2v) is 20.8. The van der Waals surface area contributed by atoms with Gasteiger partial charge in [-0.25, -0.2) is 0 Å². The van der Waals surface area contributed by atoms with Crippen LogP contribution in [-0.2, 0) is 9.53 Å². The molecular formula is C55H94O2. The van der Waals surface area contributed by atoms with Crippen molar-refractivity contribution < 1.29 is 9.53 Å². The summed E-state index contributed by atoms with van der Waals surface area (Å²) in [6.07, 6.45) is 53.3. The van der Waals surface area contributed by atoms with Gasteiger partial charge in [0.1, 0.15) is 6.10 Å². The van der Waals surface area contributed by atoms with Gasteiger partial charge in [0, 0.05) is 12.8 Å². The van der Waals surface area contributed by atoms with Gasteiger partial charge in [0.2, 0.25) is 0 Å². The van der Waals surface area contributed by atoms with Gasteiger partial charge in [-0.05, 0) is 149 Å². The normalized spacial score (nSPS) is 29.8. The van der Waals surface area contributed by atoms with Crippen molar-refractivity contribution in [2.24, 2.45) is 52.3 Å². The second kappa shape index (κ2) is 25.9. The number of unbranched alkanes of at least 4 members (excludes halogenated alkanes) is 13. The Labute approximate surface area is 355 Å². The van der Waals surface area contributed by atoms with Crippen LogP contribution < -0.4 is 0 Å². The molecule has 0 saturated heterocycles. The Bertz CT molecular complexity index is 1240. The van der Waals surface area contributed by atoms with Crippen LogP contribution in [0.15, 0.2) is 48.1 Å². The highest BCUT2D eigenvalue weighted by Crippen LogP contribution is 2.67. The quantitative estimate of drug-likeness (QED) is 0.0449. The molecule has 0 spiro atoms. The predicted molar refractivity (Wildman–Crippen MR) is 248 cm³/mol. The second-order valence-electron chi connectivity index (χ2n) is 20.8. The van der Waals surface area contributed by atoms with E-state index in [1.807, 2.05) is 0 Å². The summed E-state index contributed by atoms with van der Waals surface area (Å²) < 4.78 is 6.17. The number of fused-ring (bicyclic) bond motifs is 5. The number of hydrogen-bond acceptors (Lipinski definition) is 2. The summed E-state index contributed by atoms with van der Waals surface area (Å²) in [6.45, 7) is 17.5. The summed E-state index contributed by atoms with van der Waals surface area (Å²) in [7, 11) is 0. The Kier molecular flexibility index (Phi) is 21.9. The molecule has 9 unspecified atom stereocenters. The lowest BCUT2D eigenvalue weighted by atomic mass is 9.47. The highest BCUT2D eigenvalue weighted by atomic mass is 16.5. The zero-order valence-corrected chi connectivity index (χ0v) is 39.0. The largest absolute Gasteiger partial charge is 0.462 e. The number of carbonyl (C=O) groups excluding carboxylic acids is 1. The zero-order chi connectivity index (χ0) is 40.9. The van der Waals surface area contributed by atoms with Crippen molar-refractivity contribution in [2.45, 2.75) is 241 Å². The molecule has 57 heavy (non-hydrogen) atoms.